The minimum Gasteiger partial charge on any atom is -0.493 e. The Morgan fingerprint density at radius 2 is 2.12 bits per heavy atom. The molecular weight excluding hydrogens is 210 g/mol. The fraction of sp³-hybridized carbons (Fsp3) is 0.600. The van der Waals surface area contributed by atoms with Crippen molar-refractivity contribution in [3.05, 3.63) is 28.8 Å². The second-order valence-corrected chi connectivity index (χ2v) is 5.20. The standard InChI is InChI=1S/C15H23NO/c1-10(2)12-8-7-11(3)15-14(12)13(16-4)6-5-9-17-15/h7-8,10,13,16H,5-6,9H2,1-4H3. The Morgan fingerprint density at radius 3 is 2.76 bits per heavy atom. The molecule has 1 heterocycles. The summed E-state index contributed by atoms with van der Waals surface area (Å²) in [6.45, 7) is 7.49. The first-order chi connectivity index (χ1) is 8.15. The van der Waals surface area contributed by atoms with E-state index in [-0.39, 0.29) is 0 Å². The topological polar surface area (TPSA) is 21.3 Å². The number of fused-ring (bicyclic) bond motifs is 1. The van der Waals surface area contributed by atoms with E-state index >= 15 is 0 Å². The molecule has 0 saturated carbocycles. The van der Waals surface area contributed by atoms with Gasteiger partial charge in [-0.05, 0) is 43.9 Å². The molecule has 0 bridgehead atoms. The lowest BCUT2D eigenvalue weighted by Gasteiger charge is -2.23. The van der Waals surface area contributed by atoms with Crippen molar-refractivity contribution in [3.8, 4) is 5.75 Å². The Morgan fingerprint density at radius 1 is 1.35 bits per heavy atom. The molecule has 0 aliphatic carbocycles. The maximum atomic E-state index is 5.96. The Labute approximate surface area is 104 Å². The SMILES string of the molecule is CNC1CCCOc2c(C)ccc(C(C)C)c21. The zero-order valence-electron chi connectivity index (χ0n) is 11.3. The summed E-state index contributed by atoms with van der Waals surface area (Å²) in [6.07, 6.45) is 2.28. The van der Waals surface area contributed by atoms with Gasteiger partial charge in [-0.25, -0.2) is 0 Å². The summed E-state index contributed by atoms with van der Waals surface area (Å²) in [7, 11) is 2.05. The molecule has 1 N–H and O–H groups in total. The largest absolute Gasteiger partial charge is 0.493 e. The number of rotatable bonds is 2. The van der Waals surface area contributed by atoms with Gasteiger partial charge < -0.3 is 10.1 Å². The molecule has 2 heteroatoms. The van der Waals surface area contributed by atoms with Gasteiger partial charge in [0.05, 0.1) is 6.61 Å². The molecule has 1 atom stereocenters. The van der Waals surface area contributed by atoms with E-state index < -0.39 is 0 Å². The lowest BCUT2D eigenvalue weighted by molar-refractivity contribution is 0.313. The van der Waals surface area contributed by atoms with Crippen LogP contribution in [0.3, 0.4) is 0 Å². The monoisotopic (exact) mass is 233 g/mol. The van der Waals surface area contributed by atoms with E-state index in [0.717, 1.165) is 25.2 Å². The van der Waals surface area contributed by atoms with E-state index in [1.807, 2.05) is 7.05 Å². The van der Waals surface area contributed by atoms with Crippen LogP contribution in [0.5, 0.6) is 5.75 Å². The highest BCUT2D eigenvalue weighted by Crippen LogP contribution is 2.39. The van der Waals surface area contributed by atoms with Gasteiger partial charge in [0.2, 0.25) is 0 Å². The van der Waals surface area contributed by atoms with Crippen molar-refractivity contribution in [1.82, 2.24) is 5.32 Å². The van der Waals surface area contributed by atoms with E-state index in [9.17, 15) is 0 Å². The summed E-state index contributed by atoms with van der Waals surface area (Å²) in [4.78, 5) is 0. The van der Waals surface area contributed by atoms with Crippen LogP contribution in [0.25, 0.3) is 0 Å². The number of nitrogens with one attached hydrogen (secondary N) is 1. The number of hydrogen-bond acceptors (Lipinski definition) is 2. The molecule has 1 aliphatic heterocycles. The summed E-state index contributed by atoms with van der Waals surface area (Å²) in [5.41, 5.74) is 4.07. The van der Waals surface area contributed by atoms with Gasteiger partial charge in [0, 0.05) is 11.6 Å². The zero-order valence-corrected chi connectivity index (χ0v) is 11.3. The Kier molecular flexibility index (Phi) is 3.72. The summed E-state index contributed by atoms with van der Waals surface area (Å²) < 4.78 is 5.96. The maximum absolute atomic E-state index is 5.96. The van der Waals surface area contributed by atoms with Gasteiger partial charge in [-0.3, -0.25) is 0 Å². The molecule has 17 heavy (non-hydrogen) atoms. The van der Waals surface area contributed by atoms with Gasteiger partial charge in [-0.1, -0.05) is 26.0 Å². The number of benzene rings is 1. The molecule has 0 amide bonds. The molecule has 1 aliphatic rings. The van der Waals surface area contributed by atoms with E-state index in [2.05, 4.69) is 38.2 Å². The summed E-state index contributed by atoms with van der Waals surface area (Å²) in [5, 5.41) is 3.44. The van der Waals surface area contributed by atoms with Gasteiger partial charge in [0.1, 0.15) is 5.75 Å². The first kappa shape index (κ1) is 12.4. The first-order valence-corrected chi connectivity index (χ1v) is 6.58. The van der Waals surface area contributed by atoms with E-state index in [1.165, 1.54) is 16.7 Å². The van der Waals surface area contributed by atoms with Crippen LogP contribution in [-0.4, -0.2) is 13.7 Å². The second-order valence-electron chi connectivity index (χ2n) is 5.20. The molecule has 0 spiro atoms. The van der Waals surface area contributed by atoms with Crippen molar-refractivity contribution in [1.29, 1.82) is 0 Å². The van der Waals surface area contributed by atoms with Crippen LogP contribution in [0.15, 0.2) is 12.1 Å². The number of hydrogen-bond donors (Lipinski definition) is 1. The third kappa shape index (κ3) is 2.32. The molecule has 1 aromatic carbocycles. The van der Waals surface area contributed by atoms with E-state index in [1.54, 1.807) is 0 Å². The van der Waals surface area contributed by atoms with Gasteiger partial charge in [0.15, 0.2) is 0 Å². The van der Waals surface area contributed by atoms with Crippen molar-refractivity contribution in [3.63, 3.8) is 0 Å². The minimum atomic E-state index is 0.435. The smallest absolute Gasteiger partial charge is 0.127 e. The quantitative estimate of drug-likeness (QED) is 0.843. The average molecular weight is 233 g/mol. The summed E-state index contributed by atoms with van der Waals surface area (Å²) >= 11 is 0. The normalized spacial score (nSPS) is 19.7. The Bertz CT molecular complexity index is 398. The molecule has 2 rings (SSSR count). The Hall–Kier alpha value is -1.02. The molecule has 0 aromatic heterocycles. The third-order valence-corrected chi connectivity index (χ3v) is 3.63. The van der Waals surface area contributed by atoms with E-state index in [0.29, 0.717) is 12.0 Å². The highest BCUT2D eigenvalue weighted by Gasteiger charge is 2.24. The van der Waals surface area contributed by atoms with E-state index in [4.69, 9.17) is 4.74 Å². The van der Waals surface area contributed by atoms with Crippen molar-refractivity contribution in [2.75, 3.05) is 13.7 Å². The predicted molar refractivity (Wildman–Crippen MR) is 71.8 cm³/mol. The van der Waals surface area contributed by atoms with Crippen LogP contribution in [0.1, 0.15) is 55.3 Å². The third-order valence-electron chi connectivity index (χ3n) is 3.63. The van der Waals surface area contributed by atoms with Crippen LogP contribution in [-0.2, 0) is 0 Å². The number of ether oxygens (including phenoxy) is 1. The van der Waals surface area contributed by atoms with Crippen LogP contribution in [0.2, 0.25) is 0 Å². The van der Waals surface area contributed by atoms with Crippen molar-refractivity contribution in [2.45, 2.75) is 45.6 Å². The van der Waals surface area contributed by atoms with Crippen LogP contribution < -0.4 is 10.1 Å². The van der Waals surface area contributed by atoms with Crippen LogP contribution in [0.4, 0.5) is 0 Å². The number of aryl methyl sites for hydroxylation is 1. The highest BCUT2D eigenvalue weighted by molar-refractivity contribution is 5.49. The molecule has 0 saturated heterocycles. The van der Waals surface area contributed by atoms with Gasteiger partial charge in [-0.15, -0.1) is 0 Å². The lowest BCUT2D eigenvalue weighted by atomic mass is 9.89. The van der Waals surface area contributed by atoms with Crippen LogP contribution >= 0.6 is 0 Å². The molecule has 0 fully saturated rings. The maximum Gasteiger partial charge on any atom is 0.127 e. The van der Waals surface area contributed by atoms with Crippen LogP contribution in [0, 0.1) is 6.92 Å². The van der Waals surface area contributed by atoms with Crippen molar-refractivity contribution < 1.29 is 4.74 Å². The molecule has 2 nitrogen and oxygen atoms in total. The Balaban J connectivity index is 2.58. The highest BCUT2D eigenvalue weighted by atomic mass is 16.5. The minimum absolute atomic E-state index is 0.435. The van der Waals surface area contributed by atoms with Crippen molar-refractivity contribution >= 4 is 0 Å². The zero-order chi connectivity index (χ0) is 12.4. The van der Waals surface area contributed by atoms with Gasteiger partial charge in [0.25, 0.3) is 0 Å². The fourth-order valence-electron chi connectivity index (χ4n) is 2.67. The first-order valence-electron chi connectivity index (χ1n) is 6.58. The predicted octanol–water partition coefficient (Wildman–Crippen LogP) is 3.55. The lowest BCUT2D eigenvalue weighted by Crippen LogP contribution is -2.18. The fourth-order valence-corrected chi connectivity index (χ4v) is 2.67. The molecular formula is C15H23NO. The summed E-state index contributed by atoms with van der Waals surface area (Å²) in [5.74, 6) is 1.66. The average Bonchev–Trinajstić information content (AvgIpc) is 2.51. The molecule has 1 unspecified atom stereocenters. The van der Waals surface area contributed by atoms with Gasteiger partial charge >= 0.3 is 0 Å². The molecule has 94 valence electrons. The molecule has 1 aromatic rings. The summed E-state index contributed by atoms with van der Waals surface area (Å²) in [6, 6.07) is 4.88. The van der Waals surface area contributed by atoms with Gasteiger partial charge in [-0.2, -0.15) is 0 Å². The molecule has 0 radical (unpaired) electrons. The van der Waals surface area contributed by atoms with Crippen molar-refractivity contribution in [2.24, 2.45) is 0 Å². The second kappa shape index (κ2) is 5.09.